The first-order valence-electron chi connectivity index (χ1n) is 10.4. The van der Waals surface area contributed by atoms with E-state index < -0.39 is 0 Å². The third-order valence-electron chi connectivity index (χ3n) is 5.48. The molecule has 0 atom stereocenters. The Morgan fingerprint density at radius 2 is 1.97 bits per heavy atom. The molecule has 0 aliphatic carbocycles. The molecule has 0 unspecified atom stereocenters. The number of nitrogens with zero attached hydrogens (tertiary/aromatic N) is 2. The van der Waals surface area contributed by atoms with Crippen LogP contribution in [0.4, 0.5) is 11.4 Å². The van der Waals surface area contributed by atoms with E-state index >= 15 is 0 Å². The van der Waals surface area contributed by atoms with E-state index in [0.717, 1.165) is 23.4 Å². The summed E-state index contributed by atoms with van der Waals surface area (Å²) < 4.78 is 16.3. The van der Waals surface area contributed by atoms with Crippen LogP contribution in [0, 0.1) is 13.8 Å². The van der Waals surface area contributed by atoms with E-state index in [1.165, 1.54) is 0 Å². The monoisotopic (exact) mass is 435 g/mol. The number of benzene rings is 2. The minimum absolute atomic E-state index is 0.0546. The molecular weight excluding hydrogens is 410 g/mol. The lowest BCUT2D eigenvalue weighted by Gasteiger charge is -2.20. The number of amides is 2. The quantitative estimate of drug-likeness (QED) is 0.596. The predicted octanol–water partition coefficient (Wildman–Crippen LogP) is 4.26. The maximum absolute atomic E-state index is 12.7. The van der Waals surface area contributed by atoms with E-state index in [1.54, 1.807) is 54.5 Å². The van der Waals surface area contributed by atoms with Gasteiger partial charge in [-0.3, -0.25) is 9.59 Å². The van der Waals surface area contributed by atoms with E-state index in [-0.39, 0.29) is 11.8 Å². The van der Waals surface area contributed by atoms with E-state index in [0.29, 0.717) is 48.0 Å². The van der Waals surface area contributed by atoms with Gasteiger partial charge in [-0.15, -0.1) is 0 Å². The zero-order valence-electron chi connectivity index (χ0n) is 18.3. The van der Waals surface area contributed by atoms with Gasteiger partial charge in [-0.05, 0) is 62.7 Å². The topological polar surface area (TPSA) is 93.9 Å². The summed E-state index contributed by atoms with van der Waals surface area (Å²) in [4.78, 5) is 26.6. The first kappa shape index (κ1) is 21.4. The van der Waals surface area contributed by atoms with Crippen LogP contribution in [0.15, 0.2) is 47.0 Å². The zero-order valence-corrected chi connectivity index (χ0v) is 18.3. The number of ether oxygens (including phenoxy) is 2. The van der Waals surface area contributed by atoms with E-state index in [1.807, 2.05) is 13.8 Å². The molecule has 8 heteroatoms. The lowest BCUT2D eigenvalue weighted by Crippen LogP contribution is -2.24. The molecule has 32 heavy (non-hydrogen) atoms. The van der Waals surface area contributed by atoms with Crippen molar-refractivity contribution in [1.82, 2.24) is 5.16 Å². The van der Waals surface area contributed by atoms with Crippen LogP contribution in [0.5, 0.6) is 11.5 Å². The number of aryl methyl sites for hydroxylation is 2. The van der Waals surface area contributed by atoms with Crippen molar-refractivity contribution in [3.63, 3.8) is 0 Å². The largest absolute Gasteiger partial charge is 0.495 e. The van der Waals surface area contributed by atoms with Crippen molar-refractivity contribution in [3.05, 3.63) is 65.0 Å². The van der Waals surface area contributed by atoms with Crippen LogP contribution in [-0.4, -0.2) is 30.6 Å². The van der Waals surface area contributed by atoms with Gasteiger partial charge in [0.1, 0.15) is 23.9 Å². The normalized spacial score (nSPS) is 13.3. The van der Waals surface area contributed by atoms with E-state index in [9.17, 15) is 9.59 Å². The van der Waals surface area contributed by atoms with Crippen LogP contribution in [0.1, 0.15) is 40.2 Å². The van der Waals surface area contributed by atoms with Crippen molar-refractivity contribution >= 4 is 23.2 Å². The van der Waals surface area contributed by atoms with Crippen molar-refractivity contribution in [3.8, 4) is 11.5 Å². The summed E-state index contributed by atoms with van der Waals surface area (Å²) in [5.41, 5.74) is 3.45. The van der Waals surface area contributed by atoms with Crippen molar-refractivity contribution < 1.29 is 23.6 Å². The van der Waals surface area contributed by atoms with Crippen LogP contribution < -0.4 is 19.7 Å². The summed E-state index contributed by atoms with van der Waals surface area (Å²) in [6.07, 6.45) is 1.33. The fourth-order valence-corrected chi connectivity index (χ4v) is 3.65. The summed E-state index contributed by atoms with van der Waals surface area (Å²) in [5, 5.41) is 6.80. The SMILES string of the molecule is COc1ccc(NC(=O)c2ccc(OCc3c(C)noc3C)cc2)cc1N1CCCC1=O. The van der Waals surface area contributed by atoms with Gasteiger partial charge in [0.15, 0.2) is 0 Å². The first-order valence-corrected chi connectivity index (χ1v) is 10.4. The molecule has 0 radical (unpaired) electrons. The van der Waals surface area contributed by atoms with Crippen molar-refractivity contribution in [1.29, 1.82) is 0 Å². The van der Waals surface area contributed by atoms with Gasteiger partial charge >= 0.3 is 0 Å². The summed E-state index contributed by atoms with van der Waals surface area (Å²) in [7, 11) is 1.56. The van der Waals surface area contributed by atoms with Gasteiger partial charge in [0.2, 0.25) is 5.91 Å². The lowest BCUT2D eigenvalue weighted by molar-refractivity contribution is -0.117. The lowest BCUT2D eigenvalue weighted by atomic mass is 10.2. The Bertz CT molecular complexity index is 1120. The third kappa shape index (κ3) is 4.44. The van der Waals surface area contributed by atoms with Crippen LogP contribution in [0.25, 0.3) is 0 Å². The Labute approximate surface area is 186 Å². The second-order valence-corrected chi connectivity index (χ2v) is 7.61. The van der Waals surface area contributed by atoms with Gasteiger partial charge < -0.3 is 24.2 Å². The van der Waals surface area contributed by atoms with Crippen molar-refractivity contribution in [2.45, 2.75) is 33.3 Å². The van der Waals surface area contributed by atoms with Gasteiger partial charge in [-0.25, -0.2) is 0 Å². The van der Waals surface area contributed by atoms with Crippen LogP contribution in [0.2, 0.25) is 0 Å². The molecule has 2 heterocycles. The zero-order chi connectivity index (χ0) is 22.7. The average Bonchev–Trinajstić information content (AvgIpc) is 3.37. The van der Waals surface area contributed by atoms with Crippen molar-refractivity contribution in [2.24, 2.45) is 0 Å². The molecule has 3 aromatic rings. The van der Waals surface area contributed by atoms with Gasteiger partial charge in [0.05, 0.1) is 24.1 Å². The number of carbonyl (C=O) groups is 2. The Hall–Kier alpha value is -3.81. The number of hydrogen-bond donors (Lipinski definition) is 1. The van der Waals surface area contributed by atoms with Crippen molar-refractivity contribution in [2.75, 3.05) is 23.9 Å². The van der Waals surface area contributed by atoms with Gasteiger partial charge in [-0.1, -0.05) is 5.16 Å². The maximum atomic E-state index is 12.7. The standard InChI is InChI=1S/C24H25N3O5/c1-15-20(16(2)32-26-15)14-31-19-9-6-17(7-10-19)24(29)25-18-8-11-22(30-3)21(13-18)27-12-4-5-23(27)28/h6-11,13H,4-5,12,14H2,1-3H3,(H,25,29). The van der Waals surface area contributed by atoms with Gasteiger partial charge in [0.25, 0.3) is 5.91 Å². The molecule has 4 rings (SSSR count). The number of hydrogen-bond acceptors (Lipinski definition) is 6. The highest BCUT2D eigenvalue weighted by molar-refractivity contribution is 6.05. The number of rotatable bonds is 7. The summed E-state index contributed by atoms with van der Waals surface area (Å²) >= 11 is 0. The average molecular weight is 435 g/mol. The second-order valence-electron chi connectivity index (χ2n) is 7.61. The minimum atomic E-state index is -0.258. The Morgan fingerprint density at radius 3 is 2.59 bits per heavy atom. The number of carbonyl (C=O) groups excluding carboxylic acids is 2. The highest BCUT2D eigenvalue weighted by Gasteiger charge is 2.25. The molecule has 166 valence electrons. The number of anilines is 2. The number of aromatic nitrogens is 1. The molecule has 0 saturated carbocycles. The fourth-order valence-electron chi connectivity index (χ4n) is 3.65. The molecule has 2 aromatic carbocycles. The molecule has 2 amide bonds. The molecule has 8 nitrogen and oxygen atoms in total. The highest BCUT2D eigenvalue weighted by Crippen LogP contribution is 2.34. The number of nitrogens with one attached hydrogen (secondary N) is 1. The Kier molecular flexibility index (Phi) is 6.11. The molecule has 1 fully saturated rings. The molecule has 1 saturated heterocycles. The summed E-state index contributed by atoms with van der Waals surface area (Å²) in [5.74, 6) is 1.76. The molecule has 0 bridgehead atoms. The van der Waals surface area contributed by atoms with Gasteiger partial charge in [-0.2, -0.15) is 0 Å². The number of methoxy groups -OCH3 is 1. The molecular formula is C24H25N3O5. The Morgan fingerprint density at radius 1 is 1.19 bits per heavy atom. The highest BCUT2D eigenvalue weighted by atomic mass is 16.5. The van der Waals surface area contributed by atoms with E-state index in [4.69, 9.17) is 14.0 Å². The van der Waals surface area contributed by atoms with Crippen LogP contribution in [-0.2, 0) is 11.4 Å². The summed E-state index contributed by atoms with van der Waals surface area (Å²) in [6.45, 7) is 4.70. The minimum Gasteiger partial charge on any atom is -0.495 e. The molecule has 0 spiro atoms. The van der Waals surface area contributed by atoms with Gasteiger partial charge in [0, 0.05) is 24.2 Å². The molecule has 1 aliphatic rings. The second kappa shape index (κ2) is 9.13. The predicted molar refractivity (Wildman–Crippen MR) is 119 cm³/mol. The first-order chi connectivity index (χ1) is 15.5. The van der Waals surface area contributed by atoms with Crippen LogP contribution in [0.3, 0.4) is 0 Å². The maximum Gasteiger partial charge on any atom is 0.255 e. The van der Waals surface area contributed by atoms with Crippen LogP contribution >= 0.6 is 0 Å². The smallest absolute Gasteiger partial charge is 0.255 e. The van der Waals surface area contributed by atoms with E-state index in [2.05, 4.69) is 10.5 Å². The fraction of sp³-hybridized carbons (Fsp3) is 0.292. The third-order valence-corrected chi connectivity index (χ3v) is 5.48. The molecule has 1 aromatic heterocycles. The molecule has 1 aliphatic heterocycles. The Balaban J connectivity index is 1.43. The molecule has 1 N–H and O–H groups in total. The summed E-state index contributed by atoms with van der Waals surface area (Å²) in [6, 6.07) is 12.2.